The molecule has 0 radical (unpaired) electrons. The summed E-state index contributed by atoms with van der Waals surface area (Å²) in [5.74, 6) is 0. The highest BCUT2D eigenvalue weighted by atomic mass is 16.1. The molecule has 2 N–H and O–H groups in total. The summed E-state index contributed by atoms with van der Waals surface area (Å²) in [7, 11) is 0. The molecular formula is C9H17N3O. The molecule has 0 saturated heterocycles. The Hall–Kier alpha value is -1.03. The van der Waals surface area contributed by atoms with E-state index in [0.29, 0.717) is 6.54 Å². The maximum atomic E-state index is 11.6. The highest BCUT2D eigenvalue weighted by Crippen LogP contribution is 1.89. The van der Waals surface area contributed by atoms with Gasteiger partial charge in [-0.2, -0.15) is 0 Å². The second kappa shape index (κ2) is 4.28. The van der Waals surface area contributed by atoms with Crippen LogP contribution in [0.2, 0.25) is 0 Å². The van der Waals surface area contributed by atoms with E-state index in [1.54, 1.807) is 15.3 Å². The molecule has 74 valence electrons. The molecule has 0 aliphatic heterocycles. The van der Waals surface area contributed by atoms with Gasteiger partial charge in [-0.1, -0.05) is 6.92 Å². The van der Waals surface area contributed by atoms with Crippen LogP contribution in [0, 0.1) is 0 Å². The van der Waals surface area contributed by atoms with Crippen LogP contribution in [0.3, 0.4) is 0 Å². The minimum Gasteiger partial charge on any atom is -0.326 e. The maximum absolute atomic E-state index is 11.6. The standard InChI is InChI=1S/C9H17N3O/c1-3-4-11-5-6-12(9(11)13)7-8(2)10/h5-6,8H,3-4,7,10H2,1-2H3/t8-/m1/s1. The lowest BCUT2D eigenvalue weighted by Crippen LogP contribution is -2.30. The van der Waals surface area contributed by atoms with Gasteiger partial charge >= 0.3 is 5.69 Å². The fourth-order valence-electron chi connectivity index (χ4n) is 1.31. The molecule has 1 atom stereocenters. The molecule has 0 aliphatic carbocycles. The van der Waals surface area contributed by atoms with Gasteiger partial charge in [-0.3, -0.25) is 9.13 Å². The normalized spacial score (nSPS) is 13.2. The predicted molar refractivity (Wildman–Crippen MR) is 52.6 cm³/mol. The minimum atomic E-state index is 0.0233. The molecule has 0 fully saturated rings. The van der Waals surface area contributed by atoms with Crippen molar-refractivity contribution in [2.75, 3.05) is 0 Å². The zero-order valence-electron chi connectivity index (χ0n) is 8.23. The first-order valence-electron chi connectivity index (χ1n) is 4.66. The summed E-state index contributed by atoms with van der Waals surface area (Å²) in [6, 6.07) is 0.0233. The summed E-state index contributed by atoms with van der Waals surface area (Å²) in [4.78, 5) is 11.6. The highest BCUT2D eigenvalue weighted by molar-refractivity contribution is 4.82. The molecule has 0 bridgehead atoms. The maximum Gasteiger partial charge on any atom is 0.328 e. The molecule has 0 saturated carbocycles. The molecule has 1 aromatic heterocycles. The first-order chi connectivity index (χ1) is 6.15. The van der Waals surface area contributed by atoms with Crippen LogP contribution in [-0.2, 0) is 13.1 Å². The first kappa shape index (κ1) is 10.1. The number of rotatable bonds is 4. The van der Waals surface area contributed by atoms with Gasteiger partial charge in [0.2, 0.25) is 0 Å². The van der Waals surface area contributed by atoms with E-state index < -0.39 is 0 Å². The monoisotopic (exact) mass is 183 g/mol. The summed E-state index contributed by atoms with van der Waals surface area (Å²) in [6.07, 6.45) is 4.58. The van der Waals surface area contributed by atoms with Crippen molar-refractivity contribution in [2.45, 2.75) is 39.4 Å². The van der Waals surface area contributed by atoms with Crippen molar-refractivity contribution in [1.82, 2.24) is 9.13 Å². The third kappa shape index (κ3) is 2.45. The van der Waals surface area contributed by atoms with Crippen molar-refractivity contribution in [3.8, 4) is 0 Å². The van der Waals surface area contributed by atoms with E-state index in [1.165, 1.54) is 0 Å². The molecule has 0 amide bonds. The summed E-state index contributed by atoms with van der Waals surface area (Å²) < 4.78 is 3.36. The van der Waals surface area contributed by atoms with E-state index in [0.717, 1.165) is 13.0 Å². The molecule has 4 nitrogen and oxygen atoms in total. The molecule has 1 rings (SSSR count). The zero-order valence-corrected chi connectivity index (χ0v) is 8.23. The predicted octanol–water partition coefficient (Wildman–Crippen LogP) is 0.407. The van der Waals surface area contributed by atoms with Gasteiger partial charge in [-0.25, -0.2) is 4.79 Å². The highest BCUT2D eigenvalue weighted by Gasteiger charge is 2.03. The first-order valence-corrected chi connectivity index (χ1v) is 4.66. The number of hydrogen-bond acceptors (Lipinski definition) is 2. The van der Waals surface area contributed by atoms with E-state index in [4.69, 9.17) is 5.73 Å². The van der Waals surface area contributed by atoms with Crippen LogP contribution in [0.15, 0.2) is 17.2 Å². The SMILES string of the molecule is CCCn1ccn(C[C@@H](C)N)c1=O. The van der Waals surface area contributed by atoms with Crippen molar-refractivity contribution in [3.63, 3.8) is 0 Å². The topological polar surface area (TPSA) is 52.9 Å². The second-order valence-electron chi connectivity index (χ2n) is 3.40. The van der Waals surface area contributed by atoms with Gasteiger partial charge in [0, 0.05) is 31.5 Å². The van der Waals surface area contributed by atoms with Crippen LogP contribution in [0.25, 0.3) is 0 Å². The van der Waals surface area contributed by atoms with E-state index in [2.05, 4.69) is 6.92 Å². The van der Waals surface area contributed by atoms with Crippen LogP contribution in [0.5, 0.6) is 0 Å². The Labute approximate surface area is 78.0 Å². The average Bonchev–Trinajstić information content (AvgIpc) is 2.36. The molecular weight excluding hydrogens is 166 g/mol. The van der Waals surface area contributed by atoms with E-state index in [-0.39, 0.29) is 11.7 Å². The van der Waals surface area contributed by atoms with Gasteiger partial charge in [-0.15, -0.1) is 0 Å². The Morgan fingerprint density at radius 3 is 2.62 bits per heavy atom. The van der Waals surface area contributed by atoms with Crippen molar-refractivity contribution >= 4 is 0 Å². The molecule has 1 heterocycles. The molecule has 13 heavy (non-hydrogen) atoms. The largest absolute Gasteiger partial charge is 0.328 e. The van der Waals surface area contributed by atoms with Gasteiger partial charge in [0.25, 0.3) is 0 Å². The molecule has 0 aromatic carbocycles. The van der Waals surface area contributed by atoms with Crippen LogP contribution in [0.4, 0.5) is 0 Å². The van der Waals surface area contributed by atoms with Gasteiger partial charge in [-0.05, 0) is 13.3 Å². The third-order valence-electron chi connectivity index (χ3n) is 1.87. The van der Waals surface area contributed by atoms with Gasteiger partial charge < -0.3 is 5.73 Å². The van der Waals surface area contributed by atoms with Crippen LogP contribution >= 0.6 is 0 Å². The molecule has 0 aliphatic rings. The Morgan fingerprint density at radius 1 is 1.46 bits per heavy atom. The van der Waals surface area contributed by atoms with Crippen molar-refractivity contribution < 1.29 is 0 Å². The van der Waals surface area contributed by atoms with E-state index >= 15 is 0 Å². The number of hydrogen-bond donors (Lipinski definition) is 1. The Morgan fingerprint density at radius 2 is 2.08 bits per heavy atom. The summed E-state index contributed by atoms with van der Waals surface area (Å²) in [6.45, 7) is 5.32. The van der Waals surface area contributed by atoms with Crippen LogP contribution < -0.4 is 11.4 Å². The van der Waals surface area contributed by atoms with E-state index in [1.807, 2.05) is 13.1 Å². The molecule has 4 heteroatoms. The number of imidazole rings is 1. The van der Waals surface area contributed by atoms with E-state index in [9.17, 15) is 4.79 Å². The van der Waals surface area contributed by atoms with Crippen LogP contribution in [0.1, 0.15) is 20.3 Å². The Balaban J connectivity index is 2.80. The summed E-state index contributed by atoms with van der Waals surface area (Å²) in [5, 5.41) is 0. The number of nitrogens with two attached hydrogens (primary N) is 1. The number of aromatic nitrogens is 2. The van der Waals surface area contributed by atoms with Gasteiger partial charge in [0.1, 0.15) is 0 Å². The quantitative estimate of drug-likeness (QED) is 0.735. The zero-order chi connectivity index (χ0) is 9.84. The fourth-order valence-corrected chi connectivity index (χ4v) is 1.31. The average molecular weight is 183 g/mol. The summed E-state index contributed by atoms with van der Waals surface area (Å²) >= 11 is 0. The van der Waals surface area contributed by atoms with Crippen molar-refractivity contribution in [1.29, 1.82) is 0 Å². The summed E-state index contributed by atoms with van der Waals surface area (Å²) in [5.41, 5.74) is 5.65. The molecule has 1 aromatic rings. The van der Waals surface area contributed by atoms with Crippen molar-refractivity contribution in [2.24, 2.45) is 5.73 Å². The van der Waals surface area contributed by atoms with Gasteiger partial charge in [0.15, 0.2) is 0 Å². The smallest absolute Gasteiger partial charge is 0.326 e. The van der Waals surface area contributed by atoms with Gasteiger partial charge in [0.05, 0.1) is 0 Å². The second-order valence-corrected chi connectivity index (χ2v) is 3.40. The third-order valence-corrected chi connectivity index (χ3v) is 1.87. The number of aryl methyl sites for hydroxylation is 1. The fraction of sp³-hybridized carbons (Fsp3) is 0.667. The molecule has 0 spiro atoms. The van der Waals surface area contributed by atoms with Crippen LogP contribution in [-0.4, -0.2) is 15.2 Å². The lowest BCUT2D eigenvalue weighted by atomic mass is 10.4. The molecule has 0 unspecified atom stereocenters. The lowest BCUT2D eigenvalue weighted by molar-refractivity contribution is 0.550. The minimum absolute atomic E-state index is 0.0233. The Kier molecular flexibility index (Phi) is 3.31. The number of nitrogens with zero attached hydrogens (tertiary/aromatic N) is 2. The Bertz CT molecular complexity index is 311. The van der Waals surface area contributed by atoms with Crippen molar-refractivity contribution in [3.05, 3.63) is 22.9 Å². The lowest BCUT2D eigenvalue weighted by Gasteiger charge is -2.04.